The van der Waals surface area contributed by atoms with E-state index in [0.717, 1.165) is 11.5 Å². The molecule has 0 atom stereocenters. The number of hydrogen-bond acceptors (Lipinski definition) is 4. The van der Waals surface area contributed by atoms with Crippen molar-refractivity contribution >= 4 is 12.1 Å². The second kappa shape index (κ2) is 4.06. The van der Waals surface area contributed by atoms with Crippen LogP contribution in [0.5, 0.6) is 0 Å². The molecule has 0 aromatic carbocycles. The maximum Gasteiger partial charge on any atom is 0.160 e. The van der Waals surface area contributed by atoms with Gasteiger partial charge in [0.2, 0.25) is 0 Å². The van der Waals surface area contributed by atoms with Gasteiger partial charge in [0.15, 0.2) is 5.78 Å². The van der Waals surface area contributed by atoms with E-state index in [1.165, 1.54) is 0 Å². The lowest BCUT2D eigenvalue weighted by Crippen LogP contribution is -2.37. The van der Waals surface area contributed by atoms with Gasteiger partial charge in [-0.25, -0.2) is 11.0 Å². The molecule has 5 nitrogen and oxygen atoms in total. The summed E-state index contributed by atoms with van der Waals surface area (Å²) in [5.41, 5.74) is 4.60. The number of carbonyl (C=O) groups excluding carboxylic acids is 1. The first-order valence-corrected chi connectivity index (χ1v) is 3.67. The van der Waals surface area contributed by atoms with Crippen LogP contribution in [0.1, 0.15) is 20.8 Å². The molecule has 0 heterocycles. The van der Waals surface area contributed by atoms with Crippen LogP contribution in [0, 0.1) is 5.41 Å². The van der Waals surface area contributed by atoms with E-state index >= 15 is 0 Å². The summed E-state index contributed by atoms with van der Waals surface area (Å²) < 4.78 is 0. The van der Waals surface area contributed by atoms with Gasteiger partial charge in [-0.15, -0.1) is 0 Å². The Morgan fingerprint density at radius 2 is 2.08 bits per heavy atom. The SMILES string of the molecule is CC(C)(C)C(=O)CN(N)N=CN. The molecule has 0 saturated heterocycles. The zero-order valence-corrected chi connectivity index (χ0v) is 7.74. The molecule has 4 N–H and O–H groups in total. The molecule has 0 rings (SSSR count). The lowest BCUT2D eigenvalue weighted by molar-refractivity contribution is -0.127. The third-order valence-corrected chi connectivity index (χ3v) is 1.36. The van der Waals surface area contributed by atoms with Crippen molar-refractivity contribution in [2.45, 2.75) is 20.8 Å². The number of ketones is 1. The molecule has 12 heavy (non-hydrogen) atoms. The maximum atomic E-state index is 11.3. The van der Waals surface area contributed by atoms with Crippen LogP contribution < -0.4 is 11.6 Å². The van der Waals surface area contributed by atoms with E-state index in [1.54, 1.807) is 0 Å². The Balaban J connectivity index is 4.02. The summed E-state index contributed by atoms with van der Waals surface area (Å²) in [5, 5.41) is 4.54. The normalized spacial score (nSPS) is 12.0. The first-order valence-electron chi connectivity index (χ1n) is 3.67. The Morgan fingerprint density at radius 1 is 1.58 bits per heavy atom. The molecular weight excluding hydrogens is 156 g/mol. The van der Waals surface area contributed by atoms with Gasteiger partial charge < -0.3 is 5.73 Å². The van der Waals surface area contributed by atoms with Crippen molar-refractivity contribution in [3.8, 4) is 0 Å². The van der Waals surface area contributed by atoms with E-state index in [4.69, 9.17) is 11.6 Å². The highest BCUT2D eigenvalue weighted by molar-refractivity contribution is 5.85. The van der Waals surface area contributed by atoms with Crippen LogP contribution in [0.2, 0.25) is 0 Å². The van der Waals surface area contributed by atoms with Crippen LogP contribution in [-0.2, 0) is 4.79 Å². The smallest absolute Gasteiger partial charge is 0.160 e. The summed E-state index contributed by atoms with van der Waals surface area (Å²) in [4.78, 5) is 11.3. The van der Waals surface area contributed by atoms with E-state index in [2.05, 4.69) is 5.10 Å². The number of nitrogens with zero attached hydrogens (tertiary/aromatic N) is 2. The lowest BCUT2D eigenvalue weighted by atomic mass is 9.91. The van der Waals surface area contributed by atoms with Crippen LogP contribution in [0.3, 0.4) is 0 Å². The van der Waals surface area contributed by atoms with E-state index < -0.39 is 0 Å². The maximum absolute atomic E-state index is 11.3. The Hall–Kier alpha value is -1.10. The van der Waals surface area contributed by atoms with E-state index in [9.17, 15) is 4.79 Å². The molecule has 0 unspecified atom stereocenters. The van der Waals surface area contributed by atoms with Crippen LogP contribution in [0.15, 0.2) is 5.10 Å². The number of hydrogen-bond donors (Lipinski definition) is 2. The number of rotatable bonds is 3. The topological polar surface area (TPSA) is 84.7 Å². The average molecular weight is 172 g/mol. The lowest BCUT2D eigenvalue weighted by Gasteiger charge is -2.19. The summed E-state index contributed by atoms with van der Waals surface area (Å²) in [7, 11) is 0. The van der Waals surface area contributed by atoms with Gasteiger partial charge in [-0.3, -0.25) is 4.79 Å². The van der Waals surface area contributed by atoms with Gasteiger partial charge in [0.1, 0.15) is 12.9 Å². The summed E-state index contributed by atoms with van der Waals surface area (Å²) in [6.07, 6.45) is 1.05. The number of hydrazone groups is 1. The molecule has 0 aromatic rings. The highest BCUT2D eigenvalue weighted by atomic mass is 16.1. The van der Waals surface area contributed by atoms with Crippen molar-refractivity contribution in [2.75, 3.05) is 6.54 Å². The van der Waals surface area contributed by atoms with Gasteiger partial charge in [0, 0.05) is 5.41 Å². The average Bonchev–Trinajstić information content (AvgIpc) is 1.85. The van der Waals surface area contributed by atoms with E-state index in [0.29, 0.717) is 0 Å². The third kappa shape index (κ3) is 3.92. The molecule has 0 radical (unpaired) electrons. The van der Waals surface area contributed by atoms with Crippen molar-refractivity contribution in [1.29, 1.82) is 0 Å². The molecule has 0 bridgehead atoms. The summed E-state index contributed by atoms with van der Waals surface area (Å²) in [5.74, 6) is 5.34. The number of Topliss-reactive ketones (excluding diaryl/α,β-unsaturated/α-hetero) is 1. The second-order valence-electron chi connectivity index (χ2n) is 3.54. The number of nitrogens with two attached hydrogens (primary N) is 2. The molecule has 5 heteroatoms. The summed E-state index contributed by atoms with van der Waals surface area (Å²) in [6, 6.07) is 0. The zero-order chi connectivity index (χ0) is 9.78. The Kier molecular flexibility index (Phi) is 3.69. The van der Waals surface area contributed by atoms with Crippen LogP contribution in [0.4, 0.5) is 0 Å². The largest absolute Gasteiger partial charge is 0.388 e. The van der Waals surface area contributed by atoms with E-state index in [1.807, 2.05) is 20.8 Å². The number of hydrazine groups is 1. The summed E-state index contributed by atoms with van der Waals surface area (Å²) >= 11 is 0. The Labute approximate surface area is 72.4 Å². The fourth-order valence-corrected chi connectivity index (χ4v) is 0.511. The molecule has 0 fully saturated rings. The minimum atomic E-state index is -0.387. The standard InChI is InChI=1S/C7H16N4O/c1-7(2,3)6(12)4-11(9)10-5-8/h5H,4,9H2,1-3H3,(H2,8,10). The molecule has 0 aliphatic rings. The van der Waals surface area contributed by atoms with Crippen molar-refractivity contribution in [3.63, 3.8) is 0 Å². The van der Waals surface area contributed by atoms with Crippen molar-refractivity contribution < 1.29 is 4.79 Å². The second-order valence-corrected chi connectivity index (χ2v) is 3.54. The van der Waals surface area contributed by atoms with Gasteiger partial charge in [-0.05, 0) is 0 Å². The molecule has 0 aliphatic heterocycles. The molecule has 0 spiro atoms. The van der Waals surface area contributed by atoms with Crippen molar-refractivity contribution in [2.24, 2.45) is 22.1 Å². The van der Waals surface area contributed by atoms with Crippen molar-refractivity contribution in [1.82, 2.24) is 5.12 Å². The fraction of sp³-hybridized carbons (Fsp3) is 0.714. The molecule has 0 amide bonds. The quantitative estimate of drug-likeness (QED) is 0.264. The minimum Gasteiger partial charge on any atom is -0.388 e. The molecule has 0 saturated carbocycles. The monoisotopic (exact) mass is 172 g/mol. The molecule has 70 valence electrons. The third-order valence-electron chi connectivity index (χ3n) is 1.36. The Bertz CT molecular complexity index is 182. The van der Waals surface area contributed by atoms with Gasteiger partial charge in [0.25, 0.3) is 0 Å². The van der Waals surface area contributed by atoms with Gasteiger partial charge >= 0.3 is 0 Å². The zero-order valence-electron chi connectivity index (χ0n) is 7.74. The first kappa shape index (κ1) is 10.9. The number of carbonyl (C=O) groups is 1. The minimum absolute atomic E-state index is 0.0237. The molecule has 0 aliphatic carbocycles. The predicted molar refractivity (Wildman–Crippen MR) is 48.0 cm³/mol. The van der Waals surface area contributed by atoms with Gasteiger partial charge in [-0.2, -0.15) is 5.10 Å². The predicted octanol–water partition coefficient (Wildman–Crippen LogP) is -0.321. The fourth-order valence-electron chi connectivity index (χ4n) is 0.511. The van der Waals surface area contributed by atoms with Crippen LogP contribution >= 0.6 is 0 Å². The first-order chi connectivity index (χ1) is 5.38. The van der Waals surface area contributed by atoms with Crippen LogP contribution in [0.25, 0.3) is 0 Å². The van der Waals surface area contributed by atoms with Gasteiger partial charge in [0.05, 0.1) is 0 Å². The molecular formula is C7H16N4O. The molecule has 0 aromatic heterocycles. The van der Waals surface area contributed by atoms with Crippen molar-refractivity contribution in [3.05, 3.63) is 0 Å². The van der Waals surface area contributed by atoms with Crippen LogP contribution in [-0.4, -0.2) is 23.8 Å². The van der Waals surface area contributed by atoms with Gasteiger partial charge in [-0.1, -0.05) is 20.8 Å². The summed E-state index contributed by atoms with van der Waals surface area (Å²) in [6.45, 7) is 5.57. The Morgan fingerprint density at radius 3 is 2.42 bits per heavy atom. The highest BCUT2D eigenvalue weighted by Gasteiger charge is 2.21. The van der Waals surface area contributed by atoms with E-state index in [-0.39, 0.29) is 17.7 Å². The highest BCUT2D eigenvalue weighted by Crippen LogP contribution is 2.14.